The first-order chi connectivity index (χ1) is 17.5. The number of H-pyrrole nitrogens is 1. The van der Waals surface area contributed by atoms with E-state index in [2.05, 4.69) is 43.7 Å². The van der Waals surface area contributed by atoms with Crippen LogP contribution in [0.3, 0.4) is 0 Å². The van der Waals surface area contributed by atoms with Crippen LogP contribution in [0.1, 0.15) is 10.7 Å². The number of hydrogen-bond acceptors (Lipinski definition) is 6. The quantitative estimate of drug-likeness (QED) is 0.193. The second-order valence-corrected chi connectivity index (χ2v) is 7.85. The van der Waals surface area contributed by atoms with Crippen molar-refractivity contribution in [3.8, 4) is 23.0 Å². The van der Waals surface area contributed by atoms with Crippen LogP contribution in [0.25, 0.3) is 22.4 Å². The Labute approximate surface area is 216 Å². The molecule has 0 saturated carbocycles. The number of benzene rings is 1. The predicted octanol–water partition coefficient (Wildman–Crippen LogP) is 6.19. The SMILES string of the molecule is C=C/C=C(\C=C)CC(=O)NC(=S)Nc1ccc(Oc2ncnc3cc(-c4ccccn4)[nH]c23)c(F)c1.[HH].[HH].[HH]. The Bertz CT molecular complexity index is 1500. The first-order valence-electron chi connectivity index (χ1n) is 10.7. The van der Waals surface area contributed by atoms with Crippen molar-refractivity contribution in [1.29, 1.82) is 0 Å². The van der Waals surface area contributed by atoms with Gasteiger partial charge in [0.2, 0.25) is 11.8 Å². The lowest BCUT2D eigenvalue weighted by Crippen LogP contribution is -2.34. The van der Waals surface area contributed by atoms with E-state index < -0.39 is 5.82 Å². The molecule has 3 N–H and O–H groups in total. The number of thiocarbonyl (C=S) groups is 1. The Morgan fingerprint density at radius 1 is 1.19 bits per heavy atom. The molecule has 36 heavy (non-hydrogen) atoms. The van der Waals surface area contributed by atoms with Gasteiger partial charge in [-0.25, -0.2) is 9.37 Å². The number of hydrogen-bond donors (Lipinski definition) is 3. The van der Waals surface area contributed by atoms with Crippen LogP contribution in [0.15, 0.2) is 91.9 Å². The Balaban J connectivity index is 0.00000253. The topological polar surface area (TPSA) is 105 Å². The first-order valence-corrected chi connectivity index (χ1v) is 11.1. The largest absolute Gasteiger partial charge is 0.434 e. The van der Waals surface area contributed by atoms with E-state index in [4.69, 9.17) is 17.0 Å². The summed E-state index contributed by atoms with van der Waals surface area (Å²) in [6, 6.07) is 11.6. The van der Waals surface area contributed by atoms with Gasteiger partial charge in [0.15, 0.2) is 16.7 Å². The van der Waals surface area contributed by atoms with Crippen molar-refractivity contribution in [2.45, 2.75) is 6.42 Å². The highest BCUT2D eigenvalue weighted by Crippen LogP contribution is 2.31. The molecule has 0 aliphatic rings. The average molecular weight is 507 g/mol. The molecule has 8 nitrogen and oxygen atoms in total. The standard InChI is InChI=1S/C26H21FN6O2S.3H2/c1-3-7-16(4-2)12-23(34)33-26(36)31-17-9-10-22(18(27)13-17)35-25-24-21(29-15-30-25)14-20(32-24)19-8-5-6-11-28-19;;;/h3-11,13-15,32H,1-2,12H2,(H2,31,33,34,36);3*1H/b16-7+;;;. The number of nitrogens with zero attached hydrogens (tertiary/aromatic N) is 3. The summed E-state index contributed by atoms with van der Waals surface area (Å²) in [6.45, 7) is 7.24. The van der Waals surface area contributed by atoms with Crippen LogP contribution in [0, 0.1) is 5.82 Å². The summed E-state index contributed by atoms with van der Waals surface area (Å²) in [4.78, 5) is 28.0. The molecule has 3 heterocycles. The molecule has 3 aromatic heterocycles. The van der Waals surface area contributed by atoms with Crippen LogP contribution < -0.4 is 15.4 Å². The van der Waals surface area contributed by atoms with Crippen molar-refractivity contribution in [2.75, 3.05) is 5.32 Å². The minimum absolute atomic E-state index is 0. The minimum Gasteiger partial charge on any atom is -0.434 e. The van der Waals surface area contributed by atoms with Crippen molar-refractivity contribution in [3.05, 3.63) is 97.8 Å². The number of pyridine rings is 1. The third-order valence-corrected chi connectivity index (χ3v) is 5.14. The van der Waals surface area contributed by atoms with Crippen LogP contribution in [0.2, 0.25) is 0 Å². The fourth-order valence-electron chi connectivity index (χ4n) is 3.29. The first kappa shape index (κ1) is 24.4. The lowest BCUT2D eigenvalue weighted by atomic mass is 10.1. The van der Waals surface area contributed by atoms with E-state index in [0.717, 1.165) is 11.4 Å². The molecule has 0 fully saturated rings. The summed E-state index contributed by atoms with van der Waals surface area (Å²) in [6.07, 6.45) is 7.90. The van der Waals surface area contributed by atoms with Gasteiger partial charge in [0.05, 0.1) is 23.3 Å². The molecule has 0 radical (unpaired) electrons. The van der Waals surface area contributed by atoms with E-state index in [1.807, 2.05) is 24.3 Å². The monoisotopic (exact) mass is 506 g/mol. The molecule has 4 aromatic rings. The number of allylic oxidation sites excluding steroid dienone is 3. The van der Waals surface area contributed by atoms with Crippen molar-refractivity contribution >= 4 is 40.0 Å². The van der Waals surface area contributed by atoms with Crippen LogP contribution in [-0.2, 0) is 4.79 Å². The summed E-state index contributed by atoms with van der Waals surface area (Å²) in [5.74, 6) is -0.880. The highest BCUT2D eigenvalue weighted by molar-refractivity contribution is 7.80. The lowest BCUT2D eigenvalue weighted by molar-refractivity contribution is -0.118. The zero-order chi connectivity index (χ0) is 25.5. The van der Waals surface area contributed by atoms with Crippen LogP contribution in [0.5, 0.6) is 11.6 Å². The Kier molecular flexibility index (Phi) is 7.57. The molecule has 0 aliphatic heterocycles. The summed E-state index contributed by atoms with van der Waals surface area (Å²) in [5, 5.41) is 5.35. The van der Waals surface area contributed by atoms with E-state index in [1.54, 1.807) is 30.5 Å². The number of aromatic amines is 1. The predicted molar refractivity (Wildman–Crippen MR) is 147 cm³/mol. The molecule has 1 amide bonds. The zero-order valence-corrected chi connectivity index (χ0v) is 19.8. The second kappa shape index (κ2) is 11.2. The van der Waals surface area contributed by atoms with Crippen LogP contribution in [0.4, 0.5) is 10.1 Å². The fraction of sp³-hybridized carbons (Fsp3) is 0.0385. The summed E-state index contributed by atoms with van der Waals surface area (Å²) < 4.78 is 20.6. The van der Waals surface area contributed by atoms with Gasteiger partial charge in [-0.15, -0.1) is 0 Å². The van der Waals surface area contributed by atoms with E-state index in [9.17, 15) is 9.18 Å². The van der Waals surface area contributed by atoms with Gasteiger partial charge in [0.25, 0.3) is 0 Å². The maximum absolute atomic E-state index is 14.8. The van der Waals surface area contributed by atoms with Crippen LogP contribution in [-0.4, -0.2) is 31.0 Å². The normalized spacial score (nSPS) is 11.1. The number of amides is 1. The van der Waals surface area contributed by atoms with Gasteiger partial charge >= 0.3 is 0 Å². The number of halogens is 1. The summed E-state index contributed by atoms with van der Waals surface area (Å²) in [7, 11) is 0. The van der Waals surface area contributed by atoms with E-state index in [1.165, 1.54) is 18.5 Å². The summed E-state index contributed by atoms with van der Waals surface area (Å²) >= 11 is 5.15. The van der Waals surface area contributed by atoms with E-state index >= 15 is 0 Å². The zero-order valence-electron chi connectivity index (χ0n) is 19.0. The number of nitrogens with one attached hydrogen (secondary N) is 3. The molecule has 0 spiro atoms. The molecular formula is C26H27FN6O2S. The molecule has 0 saturated heterocycles. The molecular weight excluding hydrogens is 479 g/mol. The van der Waals surface area contributed by atoms with Gasteiger partial charge in [-0.05, 0) is 48.1 Å². The number of ether oxygens (including phenoxy) is 1. The van der Waals surface area contributed by atoms with Gasteiger partial charge < -0.3 is 20.4 Å². The van der Waals surface area contributed by atoms with Gasteiger partial charge in [0.1, 0.15) is 11.8 Å². The molecule has 1 aromatic carbocycles. The minimum atomic E-state index is -0.653. The third kappa shape index (κ3) is 5.86. The molecule has 0 aliphatic carbocycles. The Morgan fingerprint density at radius 3 is 2.78 bits per heavy atom. The number of carbonyl (C=O) groups excluding carboxylic acids is 1. The third-order valence-electron chi connectivity index (χ3n) is 4.93. The number of rotatable bonds is 8. The second-order valence-electron chi connectivity index (χ2n) is 7.44. The highest BCUT2D eigenvalue weighted by atomic mass is 32.1. The maximum atomic E-state index is 14.8. The Morgan fingerprint density at radius 2 is 2.06 bits per heavy atom. The van der Waals surface area contributed by atoms with Crippen molar-refractivity contribution in [1.82, 2.24) is 25.3 Å². The van der Waals surface area contributed by atoms with Crippen molar-refractivity contribution in [3.63, 3.8) is 0 Å². The highest BCUT2D eigenvalue weighted by Gasteiger charge is 2.14. The van der Waals surface area contributed by atoms with E-state index in [0.29, 0.717) is 22.3 Å². The number of fused-ring (bicyclic) bond motifs is 1. The Hall–Kier alpha value is -4.70. The lowest BCUT2D eigenvalue weighted by Gasteiger charge is -2.11. The molecule has 0 atom stereocenters. The number of anilines is 1. The average Bonchev–Trinajstić information content (AvgIpc) is 3.31. The van der Waals surface area contributed by atoms with E-state index in [-0.39, 0.29) is 33.3 Å². The summed E-state index contributed by atoms with van der Waals surface area (Å²) in [5.41, 5.74) is 3.58. The van der Waals surface area contributed by atoms with Crippen LogP contribution >= 0.6 is 12.2 Å². The van der Waals surface area contributed by atoms with Gasteiger partial charge in [-0.1, -0.05) is 37.5 Å². The van der Waals surface area contributed by atoms with Gasteiger partial charge in [-0.3, -0.25) is 9.78 Å². The molecule has 4 rings (SSSR count). The molecule has 0 bridgehead atoms. The number of carbonyl (C=O) groups is 1. The van der Waals surface area contributed by atoms with Crippen molar-refractivity contribution < 1.29 is 18.2 Å². The van der Waals surface area contributed by atoms with Crippen molar-refractivity contribution in [2.24, 2.45) is 0 Å². The molecule has 10 heteroatoms. The fourth-order valence-corrected chi connectivity index (χ4v) is 3.52. The maximum Gasteiger partial charge on any atom is 0.247 e. The smallest absolute Gasteiger partial charge is 0.247 e. The van der Waals surface area contributed by atoms with Gasteiger partial charge in [0, 0.05) is 22.2 Å². The molecule has 186 valence electrons. The van der Waals surface area contributed by atoms with Gasteiger partial charge in [-0.2, -0.15) is 4.98 Å². The molecule has 0 unspecified atom stereocenters. The number of aromatic nitrogens is 4.